The highest BCUT2D eigenvalue weighted by Gasteiger charge is 2.06. The molecular formula is C13H18ClN5. The predicted molar refractivity (Wildman–Crippen MR) is 74.9 cm³/mol. The molecule has 0 amide bonds. The van der Waals surface area contributed by atoms with Gasteiger partial charge in [0.15, 0.2) is 5.82 Å². The van der Waals surface area contributed by atoms with Crippen molar-refractivity contribution in [3.05, 3.63) is 40.7 Å². The maximum Gasteiger partial charge on any atom is 0.165 e. The highest BCUT2D eigenvalue weighted by Crippen LogP contribution is 2.10. The predicted octanol–water partition coefficient (Wildman–Crippen LogP) is 2.07. The first-order chi connectivity index (χ1) is 9.15. The molecule has 0 aliphatic rings. The van der Waals surface area contributed by atoms with Crippen LogP contribution in [0.25, 0.3) is 0 Å². The number of tetrazole rings is 1. The number of aromatic nitrogens is 4. The minimum Gasteiger partial charge on any atom is -0.308 e. The summed E-state index contributed by atoms with van der Waals surface area (Å²) in [6.45, 7) is 5.65. The van der Waals surface area contributed by atoms with E-state index >= 15 is 0 Å². The number of halogens is 1. The first kappa shape index (κ1) is 14.0. The molecular weight excluding hydrogens is 262 g/mol. The summed E-state index contributed by atoms with van der Waals surface area (Å²) in [4.78, 5) is 0. The first-order valence-corrected chi connectivity index (χ1v) is 6.76. The van der Waals surface area contributed by atoms with E-state index in [1.165, 1.54) is 5.56 Å². The van der Waals surface area contributed by atoms with Gasteiger partial charge >= 0.3 is 0 Å². The van der Waals surface area contributed by atoms with Gasteiger partial charge in [-0.25, -0.2) is 4.68 Å². The van der Waals surface area contributed by atoms with E-state index in [2.05, 4.69) is 34.7 Å². The lowest BCUT2D eigenvalue weighted by molar-refractivity contribution is 0.517. The molecule has 0 aliphatic carbocycles. The van der Waals surface area contributed by atoms with Crippen molar-refractivity contribution in [3.8, 4) is 0 Å². The largest absolute Gasteiger partial charge is 0.308 e. The van der Waals surface area contributed by atoms with E-state index in [4.69, 9.17) is 11.6 Å². The van der Waals surface area contributed by atoms with Crippen LogP contribution in [0.4, 0.5) is 0 Å². The third-order valence-electron chi connectivity index (χ3n) is 2.80. The Morgan fingerprint density at radius 3 is 2.68 bits per heavy atom. The maximum atomic E-state index is 5.86. The Morgan fingerprint density at radius 2 is 2.00 bits per heavy atom. The van der Waals surface area contributed by atoms with Gasteiger partial charge < -0.3 is 5.32 Å². The molecule has 0 fully saturated rings. The number of hydrogen-bond acceptors (Lipinski definition) is 4. The molecule has 2 aromatic rings. The number of hydrogen-bond donors (Lipinski definition) is 1. The molecule has 1 heterocycles. The van der Waals surface area contributed by atoms with Crippen LogP contribution in [0.5, 0.6) is 0 Å². The van der Waals surface area contributed by atoms with Crippen LogP contribution in [0.2, 0.25) is 5.02 Å². The van der Waals surface area contributed by atoms with E-state index in [0.717, 1.165) is 23.8 Å². The number of nitrogens with zero attached hydrogens (tertiary/aromatic N) is 4. The van der Waals surface area contributed by atoms with Crippen LogP contribution in [0.1, 0.15) is 25.2 Å². The standard InChI is InChI=1S/C13H18ClN5/c1-10(2)15-9-13-16-17-18-19(13)8-7-11-3-5-12(14)6-4-11/h3-6,10,15H,7-9H2,1-2H3. The average Bonchev–Trinajstić information content (AvgIpc) is 2.83. The molecule has 0 bridgehead atoms. The number of benzene rings is 1. The van der Waals surface area contributed by atoms with Crippen LogP contribution >= 0.6 is 11.6 Å². The van der Waals surface area contributed by atoms with Gasteiger partial charge in [0.25, 0.3) is 0 Å². The Bertz CT molecular complexity index is 506. The maximum absolute atomic E-state index is 5.86. The fourth-order valence-corrected chi connectivity index (χ4v) is 1.83. The molecule has 0 unspecified atom stereocenters. The van der Waals surface area contributed by atoms with E-state index in [1.807, 2.05) is 28.9 Å². The average molecular weight is 280 g/mol. The summed E-state index contributed by atoms with van der Waals surface area (Å²) in [6.07, 6.45) is 0.886. The zero-order chi connectivity index (χ0) is 13.7. The molecule has 2 rings (SSSR count). The van der Waals surface area contributed by atoms with Crippen molar-refractivity contribution in [2.24, 2.45) is 0 Å². The molecule has 0 atom stereocenters. The Balaban J connectivity index is 1.92. The third kappa shape index (κ3) is 4.29. The summed E-state index contributed by atoms with van der Waals surface area (Å²) in [6, 6.07) is 8.27. The molecule has 0 saturated heterocycles. The van der Waals surface area contributed by atoms with Crippen LogP contribution < -0.4 is 5.32 Å². The molecule has 102 valence electrons. The van der Waals surface area contributed by atoms with Gasteiger partial charge in [-0.3, -0.25) is 0 Å². The van der Waals surface area contributed by atoms with E-state index in [-0.39, 0.29) is 0 Å². The van der Waals surface area contributed by atoms with Gasteiger partial charge in [0.1, 0.15) is 0 Å². The molecule has 19 heavy (non-hydrogen) atoms. The Morgan fingerprint density at radius 1 is 1.26 bits per heavy atom. The second kappa shape index (κ2) is 6.63. The molecule has 5 nitrogen and oxygen atoms in total. The fourth-order valence-electron chi connectivity index (χ4n) is 1.71. The van der Waals surface area contributed by atoms with E-state index in [9.17, 15) is 0 Å². The van der Waals surface area contributed by atoms with Gasteiger partial charge in [-0.15, -0.1) is 5.10 Å². The summed E-state index contributed by atoms with van der Waals surface area (Å²) in [5.41, 5.74) is 1.22. The van der Waals surface area contributed by atoms with Gasteiger partial charge in [-0.2, -0.15) is 0 Å². The first-order valence-electron chi connectivity index (χ1n) is 6.38. The van der Waals surface area contributed by atoms with Crippen molar-refractivity contribution in [2.75, 3.05) is 0 Å². The SMILES string of the molecule is CC(C)NCc1nnnn1CCc1ccc(Cl)cc1. The Hall–Kier alpha value is -1.46. The summed E-state index contributed by atoms with van der Waals surface area (Å²) in [5, 5.41) is 15.8. The van der Waals surface area contributed by atoms with Gasteiger partial charge in [-0.05, 0) is 34.5 Å². The summed E-state index contributed by atoms with van der Waals surface area (Å²) in [7, 11) is 0. The van der Waals surface area contributed by atoms with E-state index < -0.39 is 0 Å². The monoisotopic (exact) mass is 279 g/mol. The molecule has 0 saturated carbocycles. The van der Waals surface area contributed by atoms with Crippen LogP contribution in [-0.4, -0.2) is 26.2 Å². The highest BCUT2D eigenvalue weighted by molar-refractivity contribution is 6.30. The van der Waals surface area contributed by atoms with Gasteiger partial charge in [0.05, 0.1) is 6.54 Å². The number of aryl methyl sites for hydroxylation is 2. The minimum atomic E-state index is 0.418. The lowest BCUT2D eigenvalue weighted by atomic mass is 10.1. The molecule has 1 aromatic heterocycles. The summed E-state index contributed by atoms with van der Waals surface area (Å²) < 4.78 is 1.84. The quantitative estimate of drug-likeness (QED) is 0.879. The number of rotatable bonds is 6. The van der Waals surface area contributed by atoms with Crippen molar-refractivity contribution >= 4 is 11.6 Å². The normalized spacial score (nSPS) is 11.2. The lowest BCUT2D eigenvalue weighted by Crippen LogP contribution is -2.24. The smallest absolute Gasteiger partial charge is 0.165 e. The molecule has 0 spiro atoms. The molecule has 1 N–H and O–H groups in total. The van der Waals surface area contributed by atoms with Gasteiger partial charge in [0.2, 0.25) is 0 Å². The third-order valence-corrected chi connectivity index (χ3v) is 3.05. The van der Waals surface area contributed by atoms with Crippen molar-refractivity contribution in [3.63, 3.8) is 0 Å². The van der Waals surface area contributed by atoms with E-state index in [1.54, 1.807) is 0 Å². The van der Waals surface area contributed by atoms with E-state index in [0.29, 0.717) is 12.6 Å². The van der Waals surface area contributed by atoms with Gasteiger partial charge in [-0.1, -0.05) is 37.6 Å². The van der Waals surface area contributed by atoms with Crippen LogP contribution in [0.3, 0.4) is 0 Å². The molecule has 0 radical (unpaired) electrons. The van der Waals surface area contributed by atoms with Crippen molar-refractivity contribution in [2.45, 2.75) is 39.4 Å². The fraction of sp³-hybridized carbons (Fsp3) is 0.462. The molecule has 6 heteroatoms. The summed E-state index contributed by atoms with van der Waals surface area (Å²) in [5.74, 6) is 0.864. The Kier molecular flexibility index (Phi) is 4.87. The molecule has 0 aliphatic heterocycles. The summed E-state index contributed by atoms with van der Waals surface area (Å²) >= 11 is 5.86. The Labute approximate surface area is 118 Å². The van der Waals surface area contributed by atoms with Crippen LogP contribution in [0.15, 0.2) is 24.3 Å². The van der Waals surface area contributed by atoms with Gasteiger partial charge in [0, 0.05) is 17.6 Å². The van der Waals surface area contributed by atoms with Crippen LogP contribution in [-0.2, 0) is 19.5 Å². The second-order valence-electron chi connectivity index (χ2n) is 4.73. The van der Waals surface area contributed by atoms with Crippen molar-refractivity contribution < 1.29 is 0 Å². The topological polar surface area (TPSA) is 55.6 Å². The zero-order valence-corrected chi connectivity index (χ0v) is 11.9. The van der Waals surface area contributed by atoms with Crippen LogP contribution in [0, 0.1) is 0 Å². The second-order valence-corrected chi connectivity index (χ2v) is 5.17. The lowest BCUT2D eigenvalue weighted by Gasteiger charge is -2.08. The molecule has 1 aromatic carbocycles. The highest BCUT2D eigenvalue weighted by atomic mass is 35.5. The zero-order valence-electron chi connectivity index (χ0n) is 11.2. The van der Waals surface area contributed by atoms with Crippen molar-refractivity contribution in [1.29, 1.82) is 0 Å². The number of nitrogens with one attached hydrogen (secondary N) is 1. The van der Waals surface area contributed by atoms with Crippen molar-refractivity contribution in [1.82, 2.24) is 25.5 Å². The minimum absolute atomic E-state index is 0.418.